The number of benzene rings is 1. The second-order valence-electron chi connectivity index (χ2n) is 14.1. The Morgan fingerprint density at radius 2 is 1.74 bits per heavy atom. The number of anilines is 2. The second-order valence-corrected chi connectivity index (χ2v) is 14.1. The molecule has 15 nitrogen and oxygen atoms in total. The number of imide groups is 2. The number of hydrogen-bond acceptors (Lipinski definition) is 11. The number of aromatic amines is 1. The molecule has 0 radical (unpaired) electrons. The molecule has 0 spiro atoms. The molecule has 1 atom stereocenters. The van der Waals surface area contributed by atoms with Crippen molar-refractivity contribution >= 4 is 51.9 Å². The van der Waals surface area contributed by atoms with Gasteiger partial charge in [0.1, 0.15) is 11.7 Å². The van der Waals surface area contributed by atoms with E-state index in [4.69, 9.17) is 0 Å². The van der Waals surface area contributed by atoms with Crippen LogP contribution >= 0.6 is 0 Å². The number of H-pyrrole nitrogens is 1. The maximum atomic E-state index is 13.4. The molecule has 4 aromatic rings. The summed E-state index contributed by atoms with van der Waals surface area (Å²) in [5, 5.41) is 8.59. The van der Waals surface area contributed by atoms with E-state index >= 15 is 0 Å². The van der Waals surface area contributed by atoms with Crippen molar-refractivity contribution in [1.29, 1.82) is 0 Å². The van der Waals surface area contributed by atoms with Crippen molar-refractivity contribution in [1.82, 2.24) is 35.4 Å². The molecule has 2 saturated heterocycles. The summed E-state index contributed by atoms with van der Waals surface area (Å²) in [5.74, 6) is -2.45. The number of piperazine rings is 1. The summed E-state index contributed by atoms with van der Waals surface area (Å²) in [7, 11) is 0. The molecule has 1 aliphatic carbocycles. The minimum atomic E-state index is -1.03. The summed E-state index contributed by atoms with van der Waals surface area (Å²) >= 11 is 0. The van der Waals surface area contributed by atoms with Crippen molar-refractivity contribution in [3.8, 4) is 0 Å². The standard InChI is InChI=1S/C38H39N9O6/c1-2-22-15-29-30(43-34(22)49)14-21(18-39-29)20-45-10-12-46(13-11-45)25-6-7-28(40-19-25)35(50)42-24-16-23(17-24)41-27-5-3-4-26-33(27)38(53)47(37(26)52)31-8-9-32(48)44-36(31)51/h3-7,14-15,18-19,23-24,31,41H,2,8-13,16-17,20H2,1H3,(H,42,50)(H,43,49)(H,44,48,51)/t23-,24+,31?. The molecule has 8 rings (SSSR count). The van der Waals surface area contributed by atoms with E-state index in [2.05, 4.69) is 40.7 Å². The number of rotatable bonds is 9. The second kappa shape index (κ2) is 13.9. The predicted octanol–water partition coefficient (Wildman–Crippen LogP) is 1.98. The normalized spacial score (nSPS) is 21.7. The zero-order chi connectivity index (χ0) is 36.8. The van der Waals surface area contributed by atoms with E-state index in [1.165, 1.54) is 0 Å². The lowest BCUT2D eigenvalue weighted by atomic mass is 9.86. The molecule has 4 N–H and O–H groups in total. The number of piperidine rings is 1. The van der Waals surface area contributed by atoms with Crippen LogP contribution in [0.15, 0.2) is 59.7 Å². The highest BCUT2D eigenvalue weighted by atomic mass is 16.2. The fourth-order valence-corrected chi connectivity index (χ4v) is 7.61. The highest BCUT2D eigenvalue weighted by Gasteiger charge is 2.46. The molecule has 3 aromatic heterocycles. The number of carbonyl (C=O) groups excluding carboxylic acids is 5. The summed E-state index contributed by atoms with van der Waals surface area (Å²) in [5.41, 5.74) is 5.46. The molecule has 5 amide bonds. The Morgan fingerprint density at radius 3 is 2.47 bits per heavy atom. The van der Waals surface area contributed by atoms with Crippen molar-refractivity contribution in [2.75, 3.05) is 36.4 Å². The van der Waals surface area contributed by atoms with Crippen LogP contribution in [0.25, 0.3) is 11.0 Å². The number of fused-ring (bicyclic) bond motifs is 2. The highest BCUT2D eigenvalue weighted by molar-refractivity contribution is 6.25. The molecule has 1 unspecified atom stereocenters. The maximum absolute atomic E-state index is 13.4. The Kier molecular flexibility index (Phi) is 8.94. The third-order valence-electron chi connectivity index (χ3n) is 10.6. The number of carbonyl (C=O) groups is 5. The van der Waals surface area contributed by atoms with Crippen LogP contribution in [0.5, 0.6) is 0 Å². The van der Waals surface area contributed by atoms with Crippen LogP contribution in [0.4, 0.5) is 11.4 Å². The molecule has 15 heteroatoms. The summed E-state index contributed by atoms with van der Waals surface area (Å²) in [6, 6.07) is 11.3. The van der Waals surface area contributed by atoms with Crippen LogP contribution in [0, 0.1) is 0 Å². The van der Waals surface area contributed by atoms with Gasteiger partial charge >= 0.3 is 0 Å². The first-order chi connectivity index (χ1) is 25.6. The zero-order valence-corrected chi connectivity index (χ0v) is 29.2. The van der Waals surface area contributed by atoms with Crippen molar-refractivity contribution in [2.24, 2.45) is 0 Å². The molecule has 3 fully saturated rings. The Bertz CT molecular complexity index is 2210. The topological polar surface area (TPSA) is 190 Å². The minimum absolute atomic E-state index is 0.0381. The van der Waals surface area contributed by atoms with Crippen LogP contribution in [0.3, 0.4) is 0 Å². The smallest absolute Gasteiger partial charge is 0.270 e. The van der Waals surface area contributed by atoms with Crippen molar-refractivity contribution in [3.63, 3.8) is 0 Å². The molecule has 272 valence electrons. The van der Waals surface area contributed by atoms with Gasteiger partial charge < -0.3 is 20.5 Å². The Labute approximate surface area is 304 Å². The lowest BCUT2D eigenvalue weighted by molar-refractivity contribution is -0.136. The SMILES string of the molecule is CCc1cc2ncc(CN3CCN(c4ccc(C(=O)N[C@H]5C[C@@H](Nc6cccc7c6C(=O)N(C6CCC(=O)NC6=O)C7=O)C5)nc4)CC3)cc2[nH]c1=O. The van der Waals surface area contributed by atoms with Crippen LogP contribution in [-0.2, 0) is 22.6 Å². The number of nitrogens with one attached hydrogen (secondary N) is 4. The van der Waals surface area contributed by atoms with Crippen LogP contribution in [0.2, 0.25) is 0 Å². The summed E-state index contributed by atoms with van der Waals surface area (Å²) in [4.78, 5) is 93.4. The van der Waals surface area contributed by atoms with E-state index in [-0.39, 0.29) is 47.5 Å². The largest absolute Gasteiger partial charge is 0.381 e. The fourth-order valence-electron chi connectivity index (χ4n) is 7.61. The zero-order valence-electron chi connectivity index (χ0n) is 29.2. The van der Waals surface area contributed by atoms with Crippen LogP contribution < -0.4 is 26.4 Å². The van der Waals surface area contributed by atoms with Crippen LogP contribution in [0.1, 0.15) is 74.9 Å². The van der Waals surface area contributed by atoms with E-state index < -0.39 is 29.7 Å². The highest BCUT2D eigenvalue weighted by Crippen LogP contribution is 2.34. The number of amides is 5. The predicted molar refractivity (Wildman–Crippen MR) is 194 cm³/mol. The first-order valence-corrected chi connectivity index (χ1v) is 18.0. The summed E-state index contributed by atoms with van der Waals surface area (Å²) < 4.78 is 0. The van der Waals surface area contributed by atoms with Crippen molar-refractivity contribution < 1.29 is 24.0 Å². The molecule has 53 heavy (non-hydrogen) atoms. The maximum Gasteiger partial charge on any atom is 0.270 e. The van der Waals surface area contributed by atoms with E-state index in [0.717, 1.165) is 65.5 Å². The van der Waals surface area contributed by atoms with Crippen LogP contribution in [-0.4, -0.2) is 98.6 Å². The molecular weight excluding hydrogens is 678 g/mol. The first-order valence-electron chi connectivity index (χ1n) is 18.0. The van der Waals surface area contributed by atoms with Gasteiger partial charge in [-0.05, 0) is 67.6 Å². The Hall–Kier alpha value is -5.96. The van der Waals surface area contributed by atoms with Crippen molar-refractivity contribution in [2.45, 2.75) is 63.7 Å². The monoisotopic (exact) mass is 717 g/mol. The number of pyridine rings is 3. The minimum Gasteiger partial charge on any atom is -0.381 e. The molecule has 4 aliphatic rings. The number of aromatic nitrogens is 3. The third kappa shape index (κ3) is 6.63. The van der Waals surface area contributed by atoms with E-state index in [1.54, 1.807) is 30.5 Å². The number of aryl methyl sites for hydroxylation is 1. The summed E-state index contributed by atoms with van der Waals surface area (Å²) in [6.07, 6.45) is 5.65. The Morgan fingerprint density at radius 1 is 0.925 bits per heavy atom. The van der Waals surface area contributed by atoms with E-state index in [1.807, 2.05) is 31.3 Å². The Balaban J connectivity index is 0.808. The molecule has 1 aromatic carbocycles. The molecule has 0 bridgehead atoms. The molecular formula is C38H39N9O6. The lowest BCUT2D eigenvalue weighted by Crippen LogP contribution is -2.54. The number of hydrogen-bond donors (Lipinski definition) is 4. The van der Waals surface area contributed by atoms with E-state index in [0.29, 0.717) is 30.6 Å². The molecule has 6 heterocycles. The molecule has 3 aliphatic heterocycles. The average Bonchev–Trinajstić information content (AvgIpc) is 3.40. The van der Waals surface area contributed by atoms with Gasteiger partial charge in [-0.15, -0.1) is 0 Å². The van der Waals surface area contributed by atoms with Crippen molar-refractivity contribution in [3.05, 3.63) is 93.2 Å². The van der Waals surface area contributed by atoms with Gasteiger partial charge in [0.05, 0.1) is 34.0 Å². The molecule has 1 saturated carbocycles. The van der Waals surface area contributed by atoms with Gasteiger partial charge in [-0.25, -0.2) is 4.98 Å². The number of nitrogens with zero attached hydrogens (tertiary/aromatic N) is 5. The average molecular weight is 718 g/mol. The van der Waals surface area contributed by atoms with Gasteiger partial charge in [-0.1, -0.05) is 13.0 Å². The third-order valence-corrected chi connectivity index (χ3v) is 10.6. The van der Waals surface area contributed by atoms with E-state index in [9.17, 15) is 28.8 Å². The van der Waals surface area contributed by atoms with Gasteiger partial charge in [-0.3, -0.25) is 48.9 Å². The van der Waals surface area contributed by atoms with Gasteiger partial charge in [0.2, 0.25) is 11.8 Å². The quantitative estimate of drug-likeness (QED) is 0.185. The van der Waals surface area contributed by atoms with Gasteiger partial charge in [0, 0.05) is 68.7 Å². The lowest BCUT2D eigenvalue weighted by Gasteiger charge is -2.37. The van der Waals surface area contributed by atoms with Gasteiger partial charge in [-0.2, -0.15) is 0 Å². The van der Waals surface area contributed by atoms with Gasteiger partial charge in [0.15, 0.2) is 0 Å². The van der Waals surface area contributed by atoms with Gasteiger partial charge in [0.25, 0.3) is 23.3 Å². The fraction of sp³-hybridized carbons (Fsp3) is 0.368. The summed E-state index contributed by atoms with van der Waals surface area (Å²) in [6.45, 7) is 5.99. The first kappa shape index (κ1) is 34.1.